The van der Waals surface area contributed by atoms with Crippen LogP contribution in [0.5, 0.6) is 11.5 Å². The standard InChI is InChI=1S/C14H11FN2O3/c15-9-3-1-2-8(4-9)14(18)17-11-6-13-12(5-10(11)16)19-7-20-13/h1-6H,7,16H2,(H,17,18). The molecule has 3 rings (SSSR count). The molecule has 0 aliphatic carbocycles. The van der Waals surface area contributed by atoms with Crippen LogP contribution in [0.15, 0.2) is 36.4 Å². The number of fused-ring (bicyclic) bond motifs is 1. The third-order valence-corrected chi connectivity index (χ3v) is 2.88. The molecule has 0 spiro atoms. The number of amides is 1. The van der Waals surface area contributed by atoms with Crippen LogP contribution in [0.4, 0.5) is 15.8 Å². The zero-order chi connectivity index (χ0) is 14.1. The van der Waals surface area contributed by atoms with Crippen LogP contribution < -0.4 is 20.5 Å². The Morgan fingerprint density at radius 1 is 1.20 bits per heavy atom. The van der Waals surface area contributed by atoms with Crippen LogP contribution in [0, 0.1) is 5.82 Å². The summed E-state index contributed by atoms with van der Waals surface area (Å²) in [6.45, 7) is 0.121. The second-order valence-electron chi connectivity index (χ2n) is 4.26. The van der Waals surface area contributed by atoms with E-state index in [0.717, 1.165) is 6.07 Å². The summed E-state index contributed by atoms with van der Waals surface area (Å²) in [6.07, 6.45) is 0. The Morgan fingerprint density at radius 3 is 2.70 bits per heavy atom. The molecule has 5 nitrogen and oxygen atoms in total. The number of anilines is 2. The zero-order valence-corrected chi connectivity index (χ0v) is 10.4. The van der Waals surface area contributed by atoms with Crippen molar-refractivity contribution in [3.63, 3.8) is 0 Å². The topological polar surface area (TPSA) is 73.6 Å². The first kappa shape index (κ1) is 12.3. The molecular weight excluding hydrogens is 263 g/mol. The molecule has 0 saturated carbocycles. The van der Waals surface area contributed by atoms with Gasteiger partial charge in [-0.05, 0) is 18.2 Å². The van der Waals surface area contributed by atoms with Gasteiger partial charge in [-0.15, -0.1) is 0 Å². The van der Waals surface area contributed by atoms with Gasteiger partial charge in [-0.3, -0.25) is 4.79 Å². The Hall–Kier alpha value is -2.76. The molecule has 3 N–H and O–H groups in total. The third-order valence-electron chi connectivity index (χ3n) is 2.88. The van der Waals surface area contributed by atoms with Crippen LogP contribution in [0.25, 0.3) is 0 Å². The molecule has 1 aliphatic rings. The first-order valence-corrected chi connectivity index (χ1v) is 5.89. The van der Waals surface area contributed by atoms with Crippen molar-refractivity contribution in [3.8, 4) is 11.5 Å². The summed E-state index contributed by atoms with van der Waals surface area (Å²) >= 11 is 0. The van der Waals surface area contributed by atoms with E-state index in [9.17, 15) is 9.18 Å². The van der Waals surface area contributed by atoms with E-state index in [1.54, 1.807) is 12.1 Å². The van der Waals surface area contributed by atoms with Gasteiger partial charge >= 0.3 is 0 Å². The average Bonchev–Trinajstić information content (AvgIpc) is 2.86. The Kier molecular flexibility index (Phi) is 2.90. The number of carbonyl (C=O) groups excluding carboxylic acids is 1. The Balaban J connectivity index is 1.86. The minimum absolute atomic E-state index is 0.121. The van der Waals surface area contributed by atoms with Gasteiger partial charge in [0.15, 0.2) is 11.5 Å². The van der Waals surface area contributed by atoms with Gasteiger partial charge in [0.2, 0.25) is 6.79 Å². The zero-order valence-electron chi connectivity index (χ0n) is 10.4. The maximum absolute atomic E-state index is 13.1. The fourth-order valence-electron chi connectivity index (χ4n) is 1.89. The molecule has 6 heteroatoms. The fourth-order valence-corrected chi connectivity index (χ4v) is 1.89. The maximum Gasteiger partial charge on any atom is 0.255 e. The van der Waals surface area contributed by atoms with E-state index in [2.05, 4.69) is 5.32 Å². The first-order valence-electron chi connectivity index (χ1n) is 5.89. The number of hydrogen-bond acceptors (Lipinski definition) is 4. The van der Waals surface area contributed by atoms with Crippen LogP contribution in [0.2, 0.25) is 0 Å². The van der Waals surface area contributed by atoms with E-state index in [-0.39, 0.29) is 12.4 Å². The minimum atomic E-state index is -0.476. The summed E-state index contributed by atoms with van der Waals surface area (Å²) in [5.41, 5.74) is 6.77. The molecule has 1 aliphatic heterocycles. The quantitative estimate of drug-likeness (QED) is 0.825. The first-order chi connectivity index (χ1) is 9.63. The second-order valence-corrected chi connectivity index (χ2v) is 4.26. The van der Waals surface area contributed by atoms with Crippen molar-refractivity contribution in [2.24, 2.45) is 0 Å². The van der Waals surface area contributed by atoms with E-state index >= 15 is 0 Å². The lowest BCUT2D eigenvalue weighted by Crippen LogP contribution is -2.13. The summed E-state index contributed by atoms with van der Waals surface area (Å²) in [7, 11) is 0. The third kappa shape index (κ3) is 2.23. The van der Waals surface area contributed by atoms with Crippen LogP contribution in [0.1, 0.15) is 10.4 Å². The Labute approximate surface area is 114 Å². The van der Waals surface area contributed by atoms with Gasteiger partial charge in [0.05, 0.1) is 11.4 Å². The predicted octanol–water partition coefficient (Wildman–Crippen LogP) is 2.39. The molecule has 1 amide bonds. The molecule has 0 bridgehead atoms. The van der Waals surface area contributed by atoms with Gasteiger partial charge in [-0.25, -0.2) is 4.39 Å². The molecule has 0 aromatic heterocycles. The number of hydrogen-bond donors (Lipinski definition) is 2. The van der Waals surface area contributed by atoms with Crippen LogP contribution in [-0.2, 0) is 0 Å². The number of benzene rings is 2. The van der Waals surface area contributed by atoms with Crippen LogP contribution >= 0.6 is 0 Å². The highest BCUT2D eigenvalue weighted by molar-refractivity contribution is 6.06. The highest BCUT2D eigenvalue weighted by Crippen LogP contribution is 2.38. The van der Waals surface area contributed by atoms with Crippen LogP contribution in [-0.4, -0.2) is 12.7 Å². The molecule has 102 valence electrons. The molecule has 20 heavy (non-hydrogen) atoms. The van der Waals surface area contributed by atoms with Gasteiger partial charge in [0.25, 0.3) is 5.91 Å². The van der Waals surface area contributed by atoms with Crippen molar-refractivity contribution < 1.29 is 18.7 Å². The summed E-state index contributed by atoms with van der Waals surface area (Å²) in [5.74, 6) is 0.117. The van der Waals surface area contributed by atoms with Crippen molar-refractivity contribution in [2.75, 3.05) is 17.8 Å². The molecule has 0 atom stereocenters. The highest BCUT2D eigenvalue weighted by Gasteiger charge is 2.17. The van der Waals surface area contributed by atoms with E-state index in [4.69, 9.17) is 15.2 Å². The average molecular weight is 274 g/mol. The summed E-state index contributed by atoms with van der Waals surface area (Å²) in [4.78, 5) is 12.0. The second kappa shape index (κ2) is 4.73. The van der Waals surface area contributed by atoms with Gasteiger partial charge in [-0.2, -0.15) is 0 Å². The number of carbonyl (C=O) groups is 1. The number of halogens is 1. The molecule has 2 aromatic carbocycles. The van der Waals surface area contributed by atoms with Gasteiger partial charge in [0.1, 0.15) is 5.82 Å². The molecule has 0 fully saturated rings. The number of nitrogens with two attached hydrogens (primary N) is 1. The van der Waals surface area contributed by atoms with Gasteiger partial charge < -0.3 is 20.5 Å². The van der Waals surface area contributed by atoms with Crippen molar-refractivity contribution in [3.05, 3.63) is 47.8 Å². The van der Waals surface area contributed by atoms with Crippen molar-refractivity contribution in [1.29, 1.82) is 0 Å². The van der Waals surface area contributed by atoms with E-state index in [1.165, 1.54) is 18.2 Å². The van der Waals surface area contributed by atoms with Gasteiger partial charge in [0, 0.05) is 17.7 Å². The molecular formula is C14H11FN2O3. The maximum atomic E-state index is 13.1. The largest absolute Gasteiger partial charge is 0.454 e. The van der Waals surface area contributed by atoms with E-state index in [0.29, 0.717) is 22.9 Å². The van der Waals surface area contributed by atoms with E-state index in [1.807, 2.05) is 0 Å². The van der Waals surface area contributed by atoms with Crippen molar-refractivity contribution in [1.82, 2.24) is 0 Å². The minimum Gasteiger partial charge on any atom is -0.454 e. The van der Waals surface area contributed by atoms with Crippen molar-refractivity contribution in [2.45, 2.75) is 0 Å². The summed E-state index contributed by atoms with van der Waals surface area (Å²) in [6, 6.07) is 8.55. The Bertz CT molecular complexity index is 688. The molecule has 1 heterocycles. The normalized spacial score (nSPS) is 12.2. The number of rotatable bonds is 2. The lowest BCUT2D eigenvalue weighted by Gasteiger charge is -2.09. The predicted molar refractivity (Wildman–Crippen MR) is 71.3 cm³/mol. The monoisotopic (exact) mass is 274 g/mol. The number of nitrogens with one attached hydrogen (secondary N) is 1. The molecule has 2 aromatic rings. The highest BCUT2D eigenvalue weighted by atomic mass is 19.1. The number of ether oxygens (including phenoxy) is 2. The number of nitrogen functional groups attached to an aromatic ring is 1. The molecule has 0 radical (unpaired) electrons. The van der Waals surface area contributed by atoms with Crippen molar-refractivity contribution >= 4 is 17.3 Å². The summed E-state index contributed by atoms with van der Waals surface area (Å²) in [5, 5.41) is 2.62. The fraction of sp³-hybridized carbons (Fsp3) is 0.0714. The lowest BCUT2D eigenvalue weighted by atomic mass is 10.2. The molecule has 0 unspecified atom stereocenters. The SMILES string of the molecule is Nc1cc2c(cc1NC(=O)c1cccc(F)c1)OCO2. The van der Waals surface area contributed by atoms with Gasteiger partial charge in [-0.1, -0.05) is 6.07 Å². The lowest BCUT2D eigenvalue weighted by molar-refractivity contribution is 0.102. The molecule has 0 saturated heterocycles. The van der Waals surface area contributed by atoms with E-state index < -0.39 is 11.7 Å². The summed E-state index contributed by atoms with van der Waals surface area (Å²) < 4.78 is 23.5. The smallest absolute Gasteiger partial charge is 0.255 e. The Morgan fingerprint density at radius 2 is 1.95 bits per heavy atom. The van der Waals surface area contributed by atoms with Crippen LogP contribution in [0.3, 0.4) is 0 Å².